The number of aliphatic hydroxyl groups is 1. The van der Waals surface area contributed by atoms with E-state index in [9.17, 15) is 5.11 Å². The van der Waals surface area contributed by atoms with Crippen molar-refractivity contribution in [3.05, 3.63) is 70.2 Å². The van der Waals surface area contributed by atoms with Crippen molar-refractivity contribution in [2.24, 2.45) is 0 Å². The highest BCUT2D eigenvalue weighted by molar-refractivity contribution is 9.10. The molecular weight excluding hydrogens is 326 g/mol. The van der Waals surface area contributed by atoms with Gasteiger partial charge in [0.2, 0.25) is 0 Å². The van der Waals surface area contributed by atoms with Gasteiger partial charge in [-0.2, -0.15) is 0 Å². The molecular formula is C18H20BrNO. The summed E-state index contributed by atoms with van der Waals surface area (Å²) in [7, 11) is 0. The fourth-order valence-electron chi connectivity index (χ4n) is 2.99. The Morgan fingerprint density at radius 3 is 2.33 bits per heavy atom. The zero-order valence-electron chi connectivity index (χ0n) is 11.9. The van der Waals surface area contributed by atoms with Crippen LogP contribution in [-0.2, 0) is 0 Å². The minimum absolute atomic E-state index is 0.0436. The van der Waals surface area contributed by atoms with E-state index in [0.717, 1.165) is 22.9 Å². The number of halogens is 1. The second-order valence-corrected chi connectivity index (χ2v) is 6.64. The van der Waals surface area contributed by atoms with Crippen LogP contribution in [-0.4, -0.2) is 17.8 Å². The molecule has 21 heavy (non-hydrogen) atoms. The molecule has 0 bridgehead atoms. The number of benzene rings is 2. The Morgan fingerprint density at radius 1 is 1.05 bits per heavy atom. The Morgan fingerprint density at radius 2 is 1.71 bits per heavy atom. The normalized spacial score (nSPS) is 22.6. The number of hydrogen-bond acceptors (Lipinski definition) is 2. The summed E-state index contributed by atoms with van der Waals surface area (Å²) in [5.74, 6) is 0.644. The van der Waals surface area contributed by atoms with Crippen molar-refractivity contribution in [2.45, 2.75) is 30.8 Å². The summed E-state index contributed by atoms with van der Waals surface area (Å²) >= 11 is 3.47. The van der Waals surface area contributed by atoms with Gasteiger partial charge in [-0.05, 0) is 42.0 Å². The summed E-state index contributed by atoms with van der Waals surface area (Å²) in [6.07, 6.45) is 2.29. The zero-order valence-corrected chi connectivity index (χ0v) is 13.5. The lowest BCUT2D eigenvalue weighted by Gasteiger charge is -2.38. The molecule has 0 heterocycles. The van der Waals surface area contributed by atoms with Gasteiger partial charge in [-0.15, -0.1) is 0 Å². The van der Waals surface area contributed by atoms with E-state index in [1.54, 1.807) is 0 Å². The fraction of sp³-hybridized carbons (Fsp3) is 0.333. The second-order valence-electron chi connectivity index (χ2n) is 5.73. The van der Waals surface area contributed by atoms with Crippen molar-refractivity contribution in [3.8, 4) is 0 Å². The van der Waals surface area contributed by atoms with Gasteiger partial charge in [-0.3, -0.25) is 0 Å². The predicted molar refractivity (Wildman–Crippen MR) is 89.3 cm³/mol. The summed E-state index contributed by atoms with van der Waals surface area (Å²) in [6.45, 7) is 0.142. The molecule has 3 rings (SSSR count). The molecule has 2 aromatic carbocycles. The van der Waals surface area contributed by atoms with Crippen molar-refractivity contribution in [2.75, 3.05) is 6.61 Å². The fourth-order valence-corrected chi connectivity index (χ4v) is 3.25. The lowest BCUT2D eigenvalue weighted by atomic mass is 9.75. The molecule has 0 saturated heterocycles. The van der Waals surface area contributed by atoms with E-state index in [2.05, 4.69) is 57.6 Å². The summed E-state index contributed by atoms with van der Waals surface area (Å²) < 4.78 is 1.13. The smallest absolute Gasteiger partial charge is 0.0626 e. The Kier molecular flexibility index (Phi) is 4.73. The Labute approximate surface area is 134 Å². The minimum atomic E-state index is 0.0436. The topological polar surface area (TPSA) is 32.3 Å². The van der Waals surface area contributed by atoms with Gasteiger partial charge in [0, 0.05) is 10.5 Å². The first-order chi connectivity index (χ1) is 10.3. The first-order valence-electron chi connectivity index (χ1n) is 7.43. The maximum absolute atomic E-state index is 9.59. The number of aliphatic hydroxyl groups excluding tert-OH is 1. The molecule has 1 unspecified atom stereocenters. The first-order valence-corrected chi connectivity index (χ1v) is 8.23. The molecule has 2 nitrogen and oxygen atoms in total. The molecule has 3 heteroatoms. The molecule has 1 fully saturated rings. The van der Waals surface area contributed by atoms with Crippen LogP contribution < -0.4 is 5.32 Å². The zero-order chi connectivity index (χ0) is 14.7. The molecule has 1 saturated carbocycles. The van der Waals surface area contributed by atoms with Crippen LogP contribution in [0.5, 0.6) is 0 Å². The van der Waals surface area contributed by atoms with Crippen LogP contribution in [0.1, 0.15) is 35.9 Å². The highest BCUT2D eigenvalue weighted by Crippen LogP contribution is 2.38. The maximum atomic E-state index is 9.59. The SMILES string of the molecule is OCC(NC1CC(c2ccc(Br)cc2)C1)c1ccccc1. The highest BCUT2D eigenvalue weighted by atomic mass is 79.9. The largest absolute Gasteiger partial charge is 0.394 e. The van der Waals surface area contributed by atoms with E-state index in [-0.39, 0.29) is 12.6 Å². The molecule has 110 valence electrons. The van der Waals surface area contributed by atoms with Gasteiger partial charge in [0.1, 0.15) is 0 Å². The second kappa shape index (κ2) is 6.73. The van der Waals surface area contributed by atoms with Crippen LogP contribution in [0.2, 0.25) is 0 Å². The molecule has 2 N–H and O–H groups in total. The van der Waals surface area contributed by atoms with Crippen LogP contribution >= 0.6 is 15.9 Å². The van der Waals surface area contributed by atoms with E-state index < -0.39 is 0 Å². The third-order valence-corrected chi connectivity index (χ3v) is 4.83. The average Bonchev–Trinajstić information content (AvgIpc) is 2.49. The van der Waals surface area contributed by atoms with Crippen LogP contribution in [0.25, 0.3) is 0 Å². The molecule has 0 spiro atoms. The first kappa shape index (κ1) is 14.8. The van der Waals surface area contributed by atoms with Crippen LogP contribution in [0.4, 0.5) is 0 Å². The minimum Gasteiger partial charge on any atom is -0.394 e. The highest BCUT2D eigenvalue weighted by Gasteiger charge is 2.31. The number of hydrogen-bond donors (Lipinski definition) is 2. The lowest BCUT2D eigenvalue weighted by molar-refractivity contribution is 0.197. The van der Waals surface area contributed by atoms with E-state index in [1.807, 2.05) is 18.2 Å². The van der Waals surface area contributed by atoms with Crippen LogP contribution in [0.15, 0.2) is 59.1 Å². The molecule has 0 aliphatic heterocycles. The van der Waals surface area contributed by atoms with E-state index in [0.29, 0.717) is 12.0 Å². The van der Waals surface area contributed by atoms with Crippen molar-refractivity contribution < 1.29 is 5.11 Å². The summed E-state index contributed by atoms with van der Waals surface area (Å²) in [5, 5.41) is 13.2. The van der Waals surface area contributed by atoms with Crippen LogP contribution in [0.3, 0.4) is 0 Å². The van der Waals surface area contributed by atoms with Crippen molar-refractivity contribution >= 4 is 15.9 Å². The summed E-state index contributed by atoms with van der Waals surface area (Å²) in [5.41, 5.74) is 2.57. The number of rotatable bonds is 5. The molecule has 1 aliphatic carbocycles. The molecule has 1 atom stereocenters. The van der Waals surface area contributed by atoms with Gasteiger partial charge in [0.25, 0.3) is 0 Å². The summed E-state index contributed by atoms with van der Waals surface area (Å²) in [4.78, 5) is 0. The standard InChI is InChI=1S/C18H20BrNO/c19-16-8-6-13(7-9-16)15-10-17(11-15)20-18(12-21)14-4-2-1-3-5-14/h1-9,15,17-18,20-21H,10-12H2. The van der Waals surface area contributed by atoms with Crippen molar-refractivity contribution in [1.82, 2.24) is 5.32 Å². The maximum Gasteiger partial charge on any atom is 0.0626 e. The third-order valence-electron chi connectivity index (χ3n) is 4.30. The molecule has 0 radical (unpaired) electrons. The Hall–Kier alpha value is -1.16. The third kappa shape index (κ3) is 3.54. The molecule has 0 amide bonds. The van der Waals surface area contributed by atoms with Gasteiger partial charge in [0.15, 0.2) is 0 Å². The van der Waals surface area contributed by atoms with E-state index >= 15 is 0 Å². The quantitative estimate of drug-likeness (QED) is 0.857. The van der Waals surface area contributed by atoms with E-state index in [1.165, 1.54) is 5.56 Å². The Balaban J connectivity index is 1.55. The van der Waals surface area contributed by atoms with Gasteiger partial charge in [0.05, 0.1) is 12.6 Å². The number of nitrogens with one attached hydrogen (secondary N) is 1. The monoisotopic (exact) mass is 345 g/mol. The summed E-state index contributed by atoms with van der Waals surface area (Å²) in [6, 6.07) is 19.3. The predicted octanol–water partition coefficient (Wildman–Crippen LogP) is 4.02. The average molecular weight is 346 g/mol. The molecule has 2 aromatic rings. The van der Waals surface area contributed by atoms with Gasteiger partial charge >= 0.3 is 0 Å². The lowest BCUT2D eigenvalue weighted by Crippen LogP contribution is -2.43. The van der Waals surface area contributed by atoms with Crippen molar-refractivity contribution in [1.29, 1.82) is 0 Å². The van der Waals surface area contributed by atoms with Crippen LogP contribution in [0, 0.1) is 0 Å². The Bertz CT molecular complexity index is 564. The van der Waals surface area contributed by atoms with E-state index in [4.69, 9.17) is 0 Å². The van der Waals surface area contributed by atoms with Gasteiger partial charge in [-0.1, -0.05) is 58.4 Å². The van der Waals surface area contributed by atoms with Gasteiger partial charge in [-0.25, -0.2) is 0 Å². The van der Waals surface area contributed by atoms with Gasteiger partial charge < -0.3 is 10.4 Å². The molecule has 1 aliphatic rings. The molecule has 0 aromatic heterocycles. The van der Waals surface area contributed by atoms with Crippen molar-refractivity contribution in [3.63, 3.8) is 0 Å².